The lowest BCUT2D eigenvalue weighted by Gasteiger charge is -2.10. The van der Waals surface area contributed by atoms with E-state index in [1.165, 1.54) is 0 Å². The Labute approximate surface area is 88.9 Å². The third-order valence-electron chi connectivity index (χ3n) is 2.47. The van der Waals surface area contributed by atoms with Crippen LogP contribution in [-0.2, 0) is 12.8 Å². The molecule has 3 nitrogen and oxygen atoms in total. The highest BCUT2D eigenvalue weighted by molar-refractivity contribution is 5.03. The molecule has 2 aromatic rings. The van der Waals surface area contributed by atoms with Crippen LogP contribution in [0, 0.1) is 5.92 Å². The molecule has 0 aliphatic rings. The van der Waals surface area contributed by atoms with Gasteiger partial charge >= 0.3 is 0 Å². The summed E-state index contributed by atoms with van der Waals surface area (Å²) in [6.07, 6.45) is 5.11. The lowest BCUT2D eigenvalue weighted by molar-refractivity contribution is 0.406. The molecular weight excluding hydrogens is 190 g/mol. The second kappa shape index (κ2) is 4.84. The van der Waals surface area contributed by atoms with Crippen molar-refractivity contribution in [2.75, 3.05) is 6.54 Å². The normalized spacial score (nSPS) is 11.1. The molecule has 0 radical (unpaired) electrons. The first kappa shape index (κ1) is 10.1. The van der Waals surface area contributed by atoms with Gasteiger partial charge in [0.1, 0.15) is 11.5 Å². The molecule has 2 heterocycles. The van der Waals surface area contributed by atoms with Crippen LogP contribution in [0.4, 0.5) is 0 Å². The van der Waals surface area contributed by atoms with Crippen LogP contribution in [0.2, 0.25) is 0 Å². The average molecular weight is 205 g/mol. The molecule has 15 heavy (non-hydrogen) atoms. The molecule has 0 spiro atoms. The Morgan fingerprint density at radius 1 is 1.00 bits per heavy atom. The lowest BCUT2D eigenvalue weighted by atomic mass is 9.99. The van der Waals surface area contributed by atoms with Crippen LogP contribution in [-0.4, -0.2) is 6.54 Å². The smallest absolute Gasteiger partial charge is 0.104 e. The zero-order valence-corrected chi connectivity index (χ0v) is 8.56. The van der Waals surface area contributed by atoms with E-state index in [9.17, 15) is 0 Å². The average Bonchev–Trinajstić information content (AvgIpc) is 2.89. The summed E-state index contributed by atoms with van der Waals surface area (Å²) in [5.41, 5.74) is 5.72. The molecule has 3 heteroatoms. The van der Waals surface area contributed by atoms with Gasteiger partial charge in [-0.2, -0.15) is 0 Å². The fraction of sp³-hybridized carbons (Fsp3) is 0.333. The van der Waals surface area contributed by atoms with Crippen LogP contribution < -0.4 is 5.73 Å². The number of rotatable bonds is 5. The third kappa shape index (κ3) is 2.73. The number of hydrogen-bond donors (Lipinski definition) is 1. The highest BCUT2D eigenvalue weighted by Gasteiger charge is 2.11. The summed E-state index contributed by atoms with van der Waals surface area (Å²) in [5, 5.41) is 0. The Bertz CT molecular complexity index is 328. The molecule has 0 atom stereocenters. The molecule has 0 fully saturated rings. The number of hydrogen-bond acceptors (Lipinski definition) is 3. The van der Waals surface area contributed by atoms with Crippen LogP contribution in [0.5, 0.6) is 0 Å². The van der Waals surface area contributed by atoms with Crippen molar-refractivity contribution in [3.8, 4) is 0 Å². The van der Waals surface area contributed by atoms with Crippen LogP contribution in [0.1, 0.15) is 11.5 Å². The molecule has 0 aromatic carbocycles. The Balaban J connectivity index is 1.93. The largest absolute Gasteiger partial charge is 0.469 e. The van der Waals surface area contributed by atoms with Crippen LogP contribution in [0.15, 0.2) is 45.6 Å². The Morgan fingerprint density at radius 3 is 1.87 bits per heavy atom. The van der Waals surface area contributed by atoms with Crippen LogP contribution in [0.25, 0.3) is 0 Å². The van der Waals surface area contributed by atoms with E-state index < -0.39 is 0 Å². The summed E-state index contributed by atoms with van der Waals surface area (Å²) in [6.45, 7) is 0.640. The van der Waals surface area contributed by atoms with Gasteiger partial charge in [-0.3, -0.25) is 0 Å². The minimum Gasteiger partial charge on any atom is -0.469 e. The van der Waals surface area contributed by atoms with E-state index in [0.717, 1.165) is 24.4 Å². The minimum atomic E-state index is 0.377. The molecule has 2 N–H and O–H groups in total. The van der Waals surface area contributed by atoms with Crippen LogP contribution in [0.3, 0.4) is 0 Å². The molecule has 80 valence electrons. The maximum Gasteiger partial charge on any atom is 0.104 e. The van der Waals surface area contributed by atoms with Gasteiger partial charge in [0.15, 0.2) is 0 Å². The van der Waals surface area contributed by atoms with E-state index in [2.05, 4.69) is 0 Å². The van der Waals surface area contributed by atoms with Crippen molar-refractivity contribution in [3.05, 3.63) is 48.3 Å². The van der Waals surface area contributed by atoms with E-state index in [4.69, 9.17) is 14.6 Å². The van der Waals surface area contributed by atoms with E-state index in [1.54, 1.807) is 12.5 Å². The molecule has 0 aliphatic heterocycles. The summed E-state index contributed by atoms with van der Waals surface area (Å²) in [6, 6.07) is 7.75. The molecule has 0 unspecified atom stereocenters. The topological polar surface area (TPSA) is 52.3 Å². The second-order valence-corrected chi connectivity index (χ2v) is 3.67. The second-order valence-electron chi connectivity index (χ2n) is 3.67. The quantitative estimate of drug-likeness (QED) is 0.814. The molecule has 2 rings (SSSR count). The SMILES string of the molecule is NCC(Cc1ccco1)Cc1ccco1. The predicted octanol–water partition coefficient (Wildman–Crippen LogP) is 2.23. The van der Waals surface area contributed by atoms with Gasteiger partial charge in [0.25, 0.3) is 0 Å². The summed E-state index contributed by atoms with van der Waals surface area (Å²) in [5.74, 6) is 2.34. The van der Waals surface area contributed by atoms with E-state index in [1.807, 2.05) is 24.3 Å². The molecule has 0 aliphatic carbocycles. The van der Waals surface area contributed by atoms with Crippen molar-refractivity contribution >= 4 is 0 Å². The Morgan fingerprint density at radius 2 is 1.53 bits per heavy atom. The standard InChI is InChI=1S/C12H15NO2/c13-9-10(7-11-3-1-5-14-11)8-12-4-2-6-15-12/h1-6,10H,7-9,13H2. The molecule has 0 saturated heterocycles. The summed E-state index contributed by atoms with van der Waals surface area (Å²) in [4.78, 5) is 0. The Kier molecular flexibility index (Phi) is 3.25. The first-order valence-electron chi connectivity index (χ1n) is 5.13. The highest BCUT2D eigenvalue weighted by Crippen LogP contribution is 2.14. The number of furan rings is 2. The fourth-order valence-electron chi connectivity index (χ4n) is 1.67. The monoisotopic (exact) mass is 205 g/mol. The van der Waals surface area contributed by atoms with Gasteiger partial charge in [0.2, 0.25) is 0 Å². The summed E-state index contributed by atoms with van der Waals surface area (Å²) >= 11 is 0. The summed E-state index contributed by atoms with van der Waals surface area (Å²) in [7, 11) is 0. The van der Waals surface area contributed by atoms with E-state index in [-0.39, 0.29) is 0 Å². The molecule has 0 saturated carbocycles. The molecular formula is C12H15NO2. The predicted molar refractivity (Wildman–Crippen MR) is 57.4 cm³/mol. The number of nitrogens with two attached hydrogens (primary N) is 1. The maximum absolute atomic E-state index is 5.72. The summed E-state index contributed by atoms with van der Waals surface area (Å²) < 4.78 is 10.6. The van der Waals surface area contributed by atoms with Gasteiger partial charge in [-0.1, -0.05) is 0 Å². The first-order chi connectivity index (χ1) is 7.38. The van der Waals surface area contributed by atoms with E-state index >= 15 is 0 Å². The Hall–Kier alpha value is -1.48. The van der Waals surface area contributed by atoms with Gasteiger partial charge in [0, 0.05) is 12.8 Å². The lowest BCUT2D eigenvalue weighted by Crippen LogP contribution is -2.18. The fourth-order valence-corrected chi connectivity index (χ4v) is 1.67. The van der Waals surface area contributed by atoms with Gasteiger partial charge in [-0.25, -0.2) is 0 Å². The molecule has 0 amide bonds. The first-order valence-corrected chi connectivity index (χ1v) is 5.13. The van der Waals surface area contributed by atoms with E-state index in [0.29, 0.717) is 12.5 Å². The molecule has 2 aromatic heterocycles. The maximum atomic E-state index is 5.72. The van der Waals surface area contributed by atoms with Crippen molar-refractivity contribution in [2.45, 2.75) is 12.8 Å². The third-order valence-corrected chi connectivity index (χ3v) is 2.47. The van der Waals surface area contributed by atoms with Crippen molar-refractivity contribution in [1.29, 1.82) is 0 Å². The zero-order chi connectivity index (χ0) is 10.5. The van der Waals surface area contributed by atoms with Gasteiger partial charge in [0.05, 0.1) is 12.5 Å². The van der Waals surface area contributed by atoms with Crippen molar-refractivity contribution in [2.24, 2.45) is 11.7 Å². The van der Waals surface area contributed by atoms with Gasteiger partial charge in [-0.15, -0.1) is 0 Å². The van der Waals surface area contributed by atoms with Crippen molar-refractivity contribution in [3.63, 3.8) is 0 Å². The van der Waals surface area contributed by atoms with Gasteiger partial charge in [-0.05, 0) is 36.7 Å². The van der Waals surface area contributed by atoms with Crippen LogP contribution >= 0.6 is 0 Å². The zero-order valence-electron chi connectivity index (χ0n) is 8.56. The molecule has 0 bridgehead atoms. The van der Waals surface area contributed by atoms with Crippen molar-refractivity contribution in [1.82, 2.24) is 0 Å². The minimum absolute atomic E-state index is 0.377. The highest BCUT2D eigenvalue weighted by atomic mass is 16.3. The van der Waals surface area contributed by atoms with Gasteiger partial charge < -0.3 is 14.6 Å². The van der Waals surface area contributed by atoms with Crippen molar-refractivity contribution < 1.29 is 8.83 Å².